The number of carbonyl (C=O) groups is 1. The van der Waals surface area contributed by atoms with Gasteiger partial charge in [0.25, 0.3) is 0 Å². The molecule has 1 fully saturated rings. The number of hydrogen-bond donors (Lipinski definition) is 0. The first-order valence-corrected chi connectivity index (χ1v) is 6.73. The average Bonchev–Trinajstić information content (AvgIpc) is 3.20. The van der Waals surface area contributed by atoms with Crippen molar-refractivity contribution in [3.8, 4) is 0 Å². The smallest absolute Gasteiger partial charge is 0.227 e. The highest BCUT2D eigenvalue weighted by atomic mass is 16.2. The van der Waals surface area contributed by atoms with Gasteiger partial charge in [0.2, 0.25) is 5.91 Å². The second-order valence-electron chi connectivity index (χ2n) is 5.20. The molecule has 0 atom stereocenters. The zero-order chi connectivity index (χ0) is 13.9. The van der Waals surface area contributed by atoms with Crippen LogP contribution in [0.3, 0.4) is 0 Å². The third kappa shape index (κ3) is 3.01. The summed E-state index contributed by atoms with van der Waals surface area (Å²) >= 11 is 0. The molecule has 6 nitrogen and oxygen atoms in total. The Morgan fingerprint density at radius 3 is 2.65 bits per heavy atom. The molecule has 0 aromatic carbocycles. The van der Waals surface area contributed by atoms with Crippen molar-refractivity contribution in [2.24, 2.45) is 7.05 Å². The van der Waals surface area contributed by atoms with E-state index in [0.717, 1.165) is 24.0 Å². The van der Waals surface area contributed by atoms with E-state index in [0.29, 0.717) is 19.0 Å². The molecule has 0 N–H and O–H groups in total. The molecule has 3 rings (SSSR count). The van der Waals surface area contributed by atoms with Gasteiger partial charge in [-0.25, -0.2) is 9.97 Å². The highest BCUT2D eigenvalue weighted by Gasteiger charge is 2.32. The summed E-state index contributed by atoms with van der Waals surface area (Å²) in [5.41, 5.74) is 1.92. The minimum Gasteiger partial charge on any atom is -0.335 e. The quantitative estimate of drug-likeness (QED) is 0.812. The van der Waals surface area contributed by atoms with Gasteiger partial charge in [0.15, 0.2) is 0 Å². The molecule has 6 heteroatoms. The van der Waals surface area contributed by atoms with Gasteiger partial charge in [-0.1, -0.05) is 0 Å². The van der Waals surface area contributed by atoms with Crippen molar-refractivity contribution in [1.82, 2.24) is 24.6 Å². The SMILES string of the molecule is Cn1cc(CN(C(=O)Cc2cncnc2)C2CC2)cn1. The van der Waals surface area contributed by atoms with Gasteiger partial charge in [0.05, 0.1) is 12.6 Å². The maximum atomic E-state index is 12.4. The molecule has 2 heterocycles. The van der Waals surface area contributed by atoms with Gasteiger partial charge in [-0.2, -0.15) is 5.10 Å². The van der Waals surface area contributed by atoms with E-state index in [1.54, 1.807) is 17.1 Å². The topological polar surface area (TPSA) is 63.9 Å². The Morgan fingerprint density at radius 2 is 2.05 bits per heavy atom. The molecule has 0 saturated heterocycles. The molecular formula is C14H17N5O. The van der Waals surface area contributed by atoms with E-state index in [1.165, 1.54) is 6.33 Å². The molecule has 1 aliphatic rings. The Kier molecular flexibility index (Phi) is 3.45. The molecule has 0 spiro atoms. The van der Waals surface area contributed by atoms with Crippen molar-refractivity contribution in [1.29, 1.82) is 0 Å². The molecule has 1 aliphatic carbocycles. The molecular weight excluding hydrogens is 254 g/mol. The molecule has 20 heavy (non-hydrogen) atoms. The Morgan fingerprint density at radius 1 is 1.30 bits per heavy atom. The maximum Gasteiger partial charge on any atom is 0.227 e. The number of amides is 1. The fraction of sp³-hybridized carbons (Fsp3) is 0.429. The van der Waals surface area contributed by atoms with Crippen molar-refractivity contribution in [2.45, 2.75) is 31.8 Å². The highest BCUT2D eigenvalue weighted by Crippen LogP contribution is 2.28. The third-order valence-electron chi connectivity index (χ3n) is 3.39. The van der Waals surface area contributed by atoms with E-state index < -0.39 is 0 Å². The van der Waals surface area contributed by atoms with Crippen LogP contribution in [0.1, 0.15) is 24.0 Å². The standard InChI is InChI=1S/C14H17N5O/c1-18-8-12(7-17-18)9-19(13-2-3-13)14(20)4-11-5-15-10-16-6-11/h5-8,10,13H,2-4,9H2,1H3. The van der Waals surface area contributed by atoms with Crippen LogP contribution in [0, 0.1) is 0 Å². The largest absolute Gasteiger partial charge is 0.335 e. The maximum absolute atomic E-state index is 12.4. The van der Waals surface area contributed by atoms with Crippen molar-refractivity contribution >= 4 is 5.91 Å². The van der Waals surface area contributed by atoms with Crippen LogP contribution in [-0.2, 0) is 24.8 Å². The summed E-state index contributed by atoms with van der Waals surface area (Å²) in [6, 6.07) is 0.382. The van der Waals surface area contributed by atoms with E-state index >= 15 is 0 Å². The summed E-state index contributed by atoms with van der Waals surface area (Å²) in [7, 11) is 1.88. The Hall–Kier alpha value is -2.24. The van der Waals surface area contributed by atoms with Gasteiger partial charge in [0, 0.05) is 43.8 Å². The molecule has 0 radical (unpaired) electrons. The summed E-state index contributed by atoms with van der Waals surface area (Å²) in [6.07, 6.45) is 11.2. The first-order chi connectivity index (χ1) is 9.72. The molecule has 0 bridgehead atoms. The average molecular weight is 271 g/mol. The molecule has 1 amide bonds. The summed E-state index contributed by atoms with van der Waals surface area (Å²) in [5.74, 6) is 0.131. The number of aryl methyl sites for hydroxylation is 1. The first-order valence-electron chi connectivity index (χ1n) is 6.73. The van der Waals surface area contributed by atoms with Crippen LogP contribution in [0.4, 0.5) is 0 Å². The lowest BCUT2D eigenvalue weighted by molar-refractivity contribution is -0.131. The minimum absolute atomic E-state index is 0.131. The molecule has 0 aliphatic heterocycles. The van der Waals surface area contributed by atoms with Crippen LogP contribution in [0.15, 0.2) is 31.1 Å². The van der Waals surface area contributed by atoms with Crippen LogP contribution in [0.5, 0.6) is 0 Å². The number of hydrogen-bond acceptors (Lipinski definition) is 4. The zero-order valence-corrected chi connectivity index (χ0v) is 11.4. The highest BCUT2D eigenvalue weighted by molar-refractivity contribution is 5.79. The first kappa shape index (κ1) is 12.8. The van der Waals surface area contributed by atoms with Crippen molar-refractivity contribution in [3.05, 3.63) is 42.2 Å². The van der Waals surface area contributed by atoms with E-state index in [4.69, 9.17) is 0 Å². The van der Waals surface area contributed by atoms with Crippen LogP contribution >= 0.6 is 0 Å². The summed E-state index contributed by atoms with van der Waals surface area (Å²) in [6.45, 7) is 0.630. The Labute approximate surface area is 117 Å². The van der Waals surface area contributed by atoms with Crippen molar-refractivity contribution < 1.29 is 4.79 Å². The van der Waals surface area contributed by atoms with Gasteiger partial charge >= 0.3 is 0 Å². The van der Waals surface area contributed by atoms with Gasteiger partial charge in [-0.3, -0.25) is 9.48 Å². The van der Waals surface area contributed by atoms with Crippen LogP contribution in [-0.4, -0.2) is 36.6 Å². The van der Waals surface area contributed by atoms with Crippen LogP contribution in [0.25, 0.3) is 0 Å². The summed E-state index contributed by atoms with van der Waals surface area (Å²) in [5, 5.41) is 4.15. The monoisotopic (exact) mass is 271 g/mol. The second kappa shape index (κ2) is 5.40. The number of carbonyl (C=O) groups excluding carboxylic acids is 1. The van der Waals surface area contributed by atoms with Gasteiger partial charge in [-0.15, -0.1) is 0 Å². The van der Waals surface area contributed by atoms with Crippen LogP contribution < -0.4 is 0 Å². The number of rotatable bonds is 5. The summed E-state index contributed by atoms with van der Waals surface area (Å²) < 4.78 is 1.76. The van der Waals surface area contributed by atoms with Crippen molar-refractivity contribution in [2.75, 3.05) is 0 Å². The fourth-order valence-electron chi connectivity index (χ4n) is 2.25. The Bertz CT molecular complexity index is 591. The van der Waals surface area contributed by atoms with Crippen molar-refractivity contribution in [3.63, 3.8) is 0 Å². The van der Waals surface area contributed by atoms with Crippen LogP contribution in [0.2, 0.25) is 0 Å². The summed E-state index contributed by atoms with van der Waals surface area (Å²) in [4.78, 5) is 22.3. The van der Waals surface area contributed by atoms with E-state index in [9.17, 15) is 4.79 Å². The lowest BCUT2D eigenvalue weighted by Gasteiger charge is -2.21. The van der Waals surface area contributed by atoms with E-state index in [2.05, 4.69) is 15.1 Å². The fourth-order valence-corrected chi connectivity index (χ4v) is 2.25. The lowest BCUT2D eigenvalue weighted by Crippen LogP contribution is -2.33. The number of aromatic nitrogens is 4. The van der Waals surface area contributed by atoms with E-state index in [-0.39, 0.29) is 5.91 Å². The molecule has 1 saturated carbocycles. The molecule has 2 aromatic heterocycles. The number of nitrogens with zero attached hydrogens (tertiary/aromatic N) is 5. The Balaban J connectivity index is 1.69. The lowest BCUT2D eigenvalue weighted by atomic mass is 10.2. The normalized spacial score (nSPS) is 14.2. The van der Waals surface area contributed by atoms with Gasteiger partial charge in [-0.05, 0) is 18.4 Å². The zero-order valence-electron chi connectivity index (χ0n) is 11.4. The van der Waals surface area contributed by atoms with Gasteiger partial charge < -0.3 is 4.90 Å². The third-order valence-corrected chi connectivity index (χ3v) is 3.39. The molecule has 2 aromatic rings. The second-order valence-corrected chi connectivity index (χ2v) is 5.20. The molecule has 104 valence electrons. The minimum atomic E-state index is 0.131. The predicted octanol–water partition coefficient (Wildman–Crippen LogP) is 0.944. The van der Waals surface area contributed by atoms with Gasteiger partial charge in [0.1, 0.15) is 6.33 Å². The van der Waals surface area contributed by atoms with E-state index in [1.807, 2.05) is 24.3 Å². The molecule has 0 unspecified atom stereocenters. The predicted molar refractivity (Wildman–Crippen MR) is 72.5 cm³/mol.